The highest BCUT2D eigenvalue weighted by Gasteiger charge is 2.22. The third kappa shape index (κ3) is 2.29. The zero-order chi connectivity index (χ0) is 12.4. The van der Waals surface area contributed by atoms with E-state index >= 15 is 0 Å². The van der Waals surface area contributed by atoms with Crippen LogP contribution in [0.25, 0.3) is 0 Å². The maximum absolute atomic E-state index is 12.8. The van der Waals surface area contributed by atoms with Gasteiger partial charge in [-0.2, -0.15) is 0 Å². The fraction of sp³-hybridized carbons (Fsp3) is 0.571. The minimum absolute atomic E-state index is 0.251. The number of piperidine rings is 1. The molecule has 0 aromatic heterocycles. The fourth-order valence-electron chi connectivity index (χ4n) is 2.78. The van der Waals surface area contributed by atoms with E-state index in [9.17, 15) is 4.39 Å². The SMILES string of the molecule is FCc1cc(CC2CCCNC2)c2c(c1)OCO2. The highest BCUT2D eigenvalue weighted by molar-refractivity contribution is 5.51. The summed E-state index contributed by atoms with van der Waals surface area (Å²) in [5, 5.41) is 3.41. The summed E-state index contributed by atoms with van der Waals surface area (Å²) in [6, 6.07) is 3.66. The zero-order valence-corrected chi connectivity index (χ0v) is 10.4. The molecule has 4 heteroatoms. The van der Waals surface area contributed by atoms with Crippen LogP contribution in [0.4, 0.5) is 4.39 Å². The Balaban J connectivity index is 1.83. The molecule has 3 nitrogen and oxygen atoms in total. The number of ether oxygens (including phenoxy) is 2. The van der Waals surface area contributed by atoms with Crippen LogP contribution in [-0.2, 0) is 13.1 Å². The van der Waals surface area contributed by atoms with Crippen molar-refractivity contribution in [2.45, 2.75) is 25.9 Å². The number of fused-ring (bicyclic) bond motifs is 1. The molecule has 1 saturated heterocycles. The molecule has 0 bridgehead atoms. The summed E-state index contributed by atoms with van der Waals surface area (Å²) in [4.78, 5) is 0. The summed E-state index contributed by atoms with van der Waals surface area (Å²) < 4.78 is 23.7. The summed E-state index contributed by atoms with van der Waals surface area (Å²) in [7, 11) is 0. The van der Waals surface area contributed by atoms with Crippen LogP contribution in [0.3, 0.4) is 0 Å². The molecule has 0 saturated carbocycles. The molecule has 2 aliphatic heterocycles. The third-order valence-corrected chi connectivity index (χ3v) is 3.67. The van der Waals surface area contributed by atoms with Crippen molar-refractivity contribution in [3.8, 4) is 11.5 Å². The predicted octanol–water partition coefficient (Wildman–Crippen LogP) is 2.43. The summed E-state index contributed by atoms with van der Waals surface area (Å²) in [5.41, 5.74) is 1.77. The number of rotatable bonds is 3. The molecule has 18 heavy (non-hydrogen) atoms. The van der Waals surface area contributed by atoms with Gasteiger partial charge >= 0.3 is 0 Å². The lowest BCUT2D eigenvalue weighted by Gasteiger charge is -2.23. The smallest absolute Gasteiger partial charge is 0.231 e. The van der Waals surface area contributed by atoms with Gasteiger partial charge in [0.25, 0.3) is 0 Å². The Labute approximate surface area is 106 Å². The van der Waals surface area contributed by atoms with Crippen molar-refractivity contribution in [1.82, 2.24) is 5.32 Å². The number of hydrogen-bond donors (Lipinski definition) is 1. The van der Waals surface area contributed by atoms with Gasteiger partial charge in [-0.3, -0.25) is 0 Å². The number of hydrogen-bond acceptors (Lipinski definition) is 3. The van der Waals surface area contributed by atoms with Crippen LogP contribution in [0.15, 0.2) is 12.1 Å². The molecular formula is C14H18FNO2. The van der Waals surface area contributed by atoms with Crippen LogP contribution in [0.2, 0.25) is 0 Å². The largest absolute Gasteiger partial charge is 0.454 e. The molecule has 1 N–H and O–H groups in total. The van der Waals surface area contributed by atoms with Crippen molar-refractivity contribution < 1.29 is 13.9 Å². The molecule has 0 amide bonds. The molecule has 1 unspecified atom stereocenters. The van der Waals surface area contributed by atoms with Crippen molar-refractivity contribution in [2.75, 3.05) is 19.9 Å². The molecule has 98 valence electrons. The maximum atomic E-state index is 12.8. The molecule has 1 aromatic rings. The normalized spacial score (nSPS) is 22.2. The molecule has 1 atom stereocenters. The van der Waals surface area contributed by atoms with E-state index in [2.05, 4.69) is 5.32 Å². The van der Waals surface area contributed by atoms with Crippen molar-refractivity contribution in [3.63, 3.8) is 0 Å². The van der Waals surface area contributed by atoms with Crippen LogP contribution in [0.1, 0.15) is 24.0 Å². The van der Waals surface area contributed by atoms with E-state index in [4.69, 9.17) is 9.47 Å². The monoisotopic (exact) mass is 251 g/mol. The highest BCUT2D eigenvalue weighted by Crippen LogP contribution is 2.38. The zero-order valence-electron chi connectivity index (χ0n) is 10.4. The van der Waals surface area contributed by atoms with E-state index in [1.165, 1.54) is 12.8 Å². The van der Waals surface area contributed by atoms with Gasteiger partial charge in [0.1, 0.15) is 6.67 Å². The van der Waals surface area contributed by atoms with Gasteiger partial charge in [-0.05, 0) is 61.5 Å². The molecule has 2 heterocycles. The minimum Gasteiger partial charge on any atom is -0.454 e. The van der Waals surface area contributed by atoms with Crippen molar-refractivity contribution in [1.29, 1.82) is 0 Å². The standard InChI is InChI=1S/C14H18FNO2/c15-7-11-5-12(4-10-2-1-3-16-8-10)14-13(6-11)17-9-18-14/h5-6,10,16H,1-4,7-9H2. The van der Waals surface area contributed by atoms with Gasteiger partial charge in [0.15, 0.2) is 11.5 Å². The quantitative estimate of drug-likeness (QED) is 0.895. The number of nitrogens with one attached hydrogen (secondary N) is 1. The van der Waals surface area contributed by atoms with E-state index in [0.717, 1.165) is 30.8 Å². The first-order valence-electron chi connectivity index (χ1n) is 6.55. The van der Waals surface area contributed by atoms with E-state index < -0.39 is 6.67 Å². The van der Waals surface area contributed by atoms with Gasteiger partial charge in [-0.15, -0.1) is 0 Å². The molecule has 0 aliphatic carbocycles. The predicted molar refractivity (Wildman–Crippen MR) is 66.7 cm³/mol. The number of halogens is 1. The van der Waals surface area contributed by atoms with Gasteiger partial charge in [0.05, 0.1) is 0 Å². The van der Waals surface area contributed by atoms with E-state index in [1.807, 2.05) is 6.07 Å². The molecule has 0 spiro atoms. The Kier molecular flexibility index (Phi) is 3.37. The average Bonchev–Trinajstić information content (AvgIpc) is 2.88. The first-order chi connectivity index (χ1) is 8.86. The molecule has 0 radical (unpaired) electrons. The van der Waals surface area contributed by atoms with E-state index in [1.54, 1.807) is 6.07 Å². The fourth-order valence-corrected chi connectivity index (χ4v) is 2.78. The van der Waals surface area contributed by atoms with Crippen LogP contribution in [0, 0.1) is 5.92 Å². The summed E-state index contributed by atoms with van der Waals surface area (Å²) in [6.07, 6.45) is 3.38. The third-order valence-electron chi connectivity index (χ3n) is 3.67. The van der Waals surface area contributed by atoms with Crippen LogP contribution < -0.4 is 14.8 Å². The molecule has 1 fully saturated rings. The maximum Gasteiger partial charge on any atom is 0.231 e. The van der Waals surface area contributed by atoms with Crippen LogP contribution >= 0.6 is 0 Å². The topological polar surface area (TPSA) is 30.5 Å². The van der Waals surface area contributed by atoms with E-state index in [0.29, 0.717) is 17.2 Å². The Morgan fingerprint density at radius 1 is 1.33 bits per heavy atom. The second kappa shape index (κ2) is 5.14. The second-order valence-corrected chi connectivity index (χ2v) is 5.04. The lowest BCUT2D eigenvalue weighted by molar-refractivity contribution is 0.173. The average molecular weight is 251 g/mol. The Hall–Kier alpha value is -1.29. The molecule has 1 aromatic carbocycles. The van der Waals surface area contributed by atoms with Gasteiger partial charge in [-0.1, -0.05) is 0 Å². The summed E-state index contributed by atoms with van der Waals surface area (Å²) >= 11 is 0. The molecule has 3 rings (SSSR count). The van der Waals surface area contributed by atoms with Crippen molar-refractivity contribution in [3.05, 3.63) is 23.3 Å². The van der Waals surface area contributed by atoms with Crippen molar-refractivity contribution in [2.24, 2.45) is 5.92 Å². The Morgan fingerprint density at radius 3 is 3.06 bits per heavy atom. The van der Waals surface area contributed by atoms with Gasteiger partial charge in [0.2, 0.25) is 6.79 Å². The van der Waals surface area contributed by atoms with Gasteiger partial charge in [0, 0.05) is 0 Å². The van der Waals surface area contributed by atoms with Crippen LogP contribution in [-0.4, -0.2) is 19.9 Å². The van der Waals surface area contributed by atoms with Crippen molar-refractivity contribution >= 4 is 0 Å². The van der Waals surface area contributed by atoms with Crippen LogP contribution in [0.5, 0.6) is 11.5 Å². The summed E-state index contributed by atoms with van der Waals surface area (Å²) in [6.45, 7) is 1.95. The number of alkyl halides is 1. The molecule has 2 aliphatic rings. The highest BCUT2D eigenvalue weighted by atomic mass is 19.1. The minimum atomic E-state index is -0.452. The van der Waals surface area contributed by atoms with Gasteiger partial charge < -0.3 is 14.8 Å². The summed E-state index contributed by atoms with van der Waals surface area (Å²) in [5.74, 6) is 2.13. The van der Waals surface area contributed by atoms with E-state index in [-0.39, 0.29) is 6.79 Å². The van der Waals surface area contributed by atoms with Gasteiger partial charge in [-0.25, -0.2) is 4.39 Å². The first kappa shape index (κ1) is 11.8. The Morgan fingerprint density at radius 2 is 2.28 bits per heavy atom. The second-order valence-electron chi connectivity index (χ2n) is 5.04. The number of benzene rings is 1. The lowest BCUT2D eigenvalue weighted by atomic mass is 9.91. The first-order valence-corrected chi connectivity index (χ1v) is 6.55. The molecular weight excluding hydrogens is 233 g/mol. The lowest BCUT2D eigenvalue weighted by Crippen LogP contribution is -2.30. The Bertz CT molecular complexity index is 430.